The number of nitrogens with zero attached hydrogens (tertiary/aromatic N) is 2. The average molecular weight is 293 g/mol. The minimum absolute atomic E-state index is 0.461. The normalized spacial score (nSPS) is 17.0. The fraction of sp³-hybridized carbons (Fsp3) is 0.500. The van der Waals surface area contributed by atoms with E-state index in [-0.39, 0.29) is 0 Å². The zero-order valence-corrected chi connectivity index (χ0v) is 11.7. The lowest BCUT2D eigenvalue weighted by molar-refractivity contribution is 0.179. The van der Waals surface area contributed by atoms with Gasteiger partial charge in [0.1, 0.15) is 0 Å². The first-order valence-corrected chi connectivity index (χ1v) is 7.08. The van der Waals surface area contributed by atoms with E-state index in [2.05, 4.69) is 33.9 Å². The second kappa shape index (κ2) is 5.10. The molecule has 1 saturated carbocycles. The standard InChI is InChI=1S/C14H17BrN2/c1-17(11-14(10-15)7-2-8-14)13-5-3-12(9-16)4-6-13/h3-6H,2,7-8,10-11H2,1H3. The lowest BCUT2D eigenvalue weighted by atomic mass is 9.70. The molecule has 2 rings (SSSR count). The Hall–Kier alpha value is -1.01. The summed E-state index contributed by atoms with van der Waals surface area (Å²) >= 11 is 3.64. The average Bonchev–Trinajstić information content (AvgIpc) is 2.33. The predicted molar refractivity (Wildman–Crippen MR) is 74.5 cm³/mol. The largest absolute Gasteiger partial charge is 0.374 e. The highest BCUT2D eigenvalue weighted by Crippen LogP contribution is 2.43. The zero-order valence-electron chi connectivity index (χ0n) is 10.1. The molecule has 90 valence electrons. The van der Waals surface area contributed by atoms with Crippen molar-refractivity contribution in [2.45, 2.75) is 19.3 Å². The number of hydrogen-bond donors (Lipinski definition) is 0. The molecule has 1 fully saturated rings. The molecule has 0 aromatic heterocycles. The highest BCUT2D eigenvalue weighted by Gasteiger charge is 2.36. The predicted octanol–water partition coefficient (Wildman–Crippen LogP) is 3.56. The van der Waals surface area contributed by atoms with Gasteiger partial charge in [-0.05, 0) is 42.5 Å². The Bertz CT molecular complexity index is 409. The van der Waals surface area contributed by atoms with Crippen LogP contribution in [0.5, 0.6) is 0 Å². The van der Waals surface area contributed by atoms with Gasteiger partial charge in [-0.15, -0.1) is 0 Å². The van der Waals surface area contributed by atoms with Crippen LogP contribution < -0.4 is 4.90 Å². The molecule has 0 bridgehead atoms. The van der Waals surface area contributed by atoms with Crippen molar-refractivity contribution in [1.29, 1.82) is 5.26 Å². The molecule has 1 aliphatic rings. The summed E-state index contributed by atoms with van der Waals surface area (Å²) in [6.45, 7) is 1.09. The van der Waals surface area contributed by atoms with Crippen molar-refractivity contribution in [2.75, 3.05) is 23.8 Å². The number of rotatable bonds is 4. The van der Waals surface area contributed by atoms with Crippen molar-refractivity contribution < 1.29 is 0 Å². The van der Waals surface area contributed by atoms with Gasteiger partial charge in [-0.1, -0.05) is 22.4 Å². The Labute approximate surface area is 111 Å². The van der Waals surface area contributed by atoms with Gasteiger partial charge in [-0.3, -0.25) is 0 Å². The van der Waals surface area contributed by atoms with Crippen LogP contribution in [0.3, 0.4) is 0 Å². The Kier molecular flexibility index (Phi) is 3.73. The maximum Gasteiger partial charge on any atom is 0.0991 e. The SMILES string of the molecule is CN(CC1(CBr)CCC1)c1ccc(C#N)cc1. The summed E-state index contributed by atoms with van der Waals surface area (Å²) < 4.78 is 0. The molecule has 0 unspecified atom stereocenters. The topological polar surface area (TPSA) is 27.0 Å². The van der Waals surface area contributed by atoms with Crippen LogP contribution in [0, 0.1) is 16.7 Å². The van der Waals surface area contributed by atoms with Crippen LogP contribution in [0.1, 0.15) is 24.8 Å². The molecule has 0 spiro atoms. The fourth-order valence-electron chi connectivity index (χ4n) is 2.40. The highest BCUT2D eigenvalue weighted by molar-refractivity contribution is 9.09. The number of nitriles is 1. The summed E-state index contributed by atoms with van der Waals surface area (Å²) in [6, 6.07) is 9.97. The molecule has 2 nitrogen and oxygen atoms in total. The molecular formula is C14H17BrN2. The Morgan fingerprint density at radius 3 is 2.41 bits per heavy atom. The first-order chi connectivity index (χ1) is 8.19. The number of halogens is 1. The van der Waals surface area contributed by atoms with Crippen LogP contribution in [0.4, 0.5) is 5.69 Å². The molecule has 0 radical (unpaired) electrons. The van der Waals surface area contributed by atoms with Gasteiger partial charge in [0.25, 0.3) is 0 Å². The second-order valence-corrected chi connectivity index (χ2v) is 5.56. The van der Waals surface area contributed by atoms with Crippen molar-refractivity contribution in [2.24, 2.45) is 5.41 Å². The lowest BCUT2D eigenvalue weighted by Gasteiger charge is -2.43. The molecule has 0 N–H and O–H groups in total. The number of benzene rings is 1. The van der Waals surface area contributed by atoms with Gasteiger partial charge in [0, 0.05) is 24.6 Å². The van der Waals surface area contributed by atoms with Gasteiger partial charge in [-0.2, -0.15) is 5.26 Å². The summed E-state index contributed by atoms with van der Waals surface area (Å²) in [6.07, 6.45) is 3.99. The molecule has 17 heavy (non-hydrogen) atoms. The molecular weight excluding hydrogens is 276 g/mol. The summed E-state index contributed by atoms with van der Waals surface area (Å²) in [5.41, 5.74) is 2.38. The molecule has 0 saturated heterocycles. The van der Waals surface area contributed by atoms with Crippen molar-refractivity contribution in [3.05, 3.63) is 29.8 Å². The Balaban J connectivity index is 2.04. The van der Waals surface area contributed by atoms with Crippen molar-refractivity contribution >= 4 is 21.6 Å². The van der Waals surface area contributed by atoms with E-state index in [1.165, 1.54) is 24.9 Å². The molecule has 0 aliphatic heterocycles. The molecule has 0 heterocycles. The zero-order chi connectivity index (χ0) is 12.3. The van der Waals surface area contributed by atoms with Crippen molar-refractivity contribution in [3.63, 3.8) is 0 Å². The van der Waals surface area contributed by atoms with Crippen molar-refractivity contribution in [3.8, 4) is 6.07 Å². The van der Waals surface area contributed by atoms with Crippen LogP contribution in [0.15, 0.2) is 24.3 Å². The van der Waals surface area contributed by atoms with Gasteiger partial charge in [-0.25, -0.2) is 0 Å². The Morgan fingerprint density at radius 2 is 2.00 bits per heavy atom. The van der Waals surface area contributed by atoms with E-state index in [0.29, 0.717) is 5.41 Å². The van der Waals surface area contributed by atoms with Gasteiger partial charge in [0.2, 0.25) is 0 Å². The minimum Gasteiger partial charge on any atom is -0.374 e. The monoisotopic (exact) mass is 292 g/mol. The molecule has 0 amide bonds. The van der Waals surface area contributed by atoms with Crippen LogP contribution in [-0.4, -0.2) is 18.9 Å². The van der Waals surface area contributed by atoms with E-state index in [1.54, 1.807) is 0 Å². The lowest BCUT2D eigenvalue weighted by Crippen LogP contribution is -2.42. The molecule has 1 aromatic carbocycles. The minimum atomic E-state index is 0.461. The first kappa shape index (κ1) is 12.4. The van der Waals surface area contributed by atoms with Crippen LogP contribution in [0.2, 0.25) is 0 Å². The molecule has 3 heteroatoms. The maximum absolute atomic E-state index is 8.77. The maximum atomic E-state index is 8.77. The van der Waals surface area contributed by atoms with E-state index in [4.69, 9.17) is 5.26 Å². The summed E-state index contributed by atoms with van der Waals surface area (Å²) in [7, 11) is 2.13. The smallest absolute Gasteiger partial charge is 0.0991 e. The van der Waals surface area contributed by atoms with E-state index in [1.807, 2.05) is 24.3 Å². The van der Waals surface area contributed by atoms with Gasteiger partial charge >= 0.3 is 0 Å². The van der Waals surface area contributed by atoms with E-state index in [9.17, 15) is 0 Å². The second-order valence-electron chi connectivity index (χ2n) is 5.00. The highest BCUT2D eigenvalue weighted by atomic mass is 79.9. The molecule has 1 aromatic rings. The summed E-state index contributed by atoms with van der Waals surface area (Å²) in [5.74, 6) is 0. The van der Waals surface area contributed by atoms with Crippen LogP contribution in [0.25, 0.3) is 0 Å². The third-order valence-electron chi connectivity index (χ3n) is 3.71. The Morgan fingerprint density at radius 1 is 1.35 bits per heavy atom. The molecule has 1 aliphatic carbocycles. The third-order valence-corrected chi connectivity index (χ3v) is 4.90. The van der Waals surface area contributed by atoms with Gasteiger partial charge in [0.05, 0.1) is 11.6 Å². The number of hydrogen-bond acceptors (Lipinski definition) is 2. The first-order valence-electron chi connectivity index (χ1n) is 5.96. The van der Waals surface area contributed by atoms with E-state index in [0.717, 1.165) is 17.4 Å². The van der Waals surface area contributed by atoms with Gasteiger partial charge < -0.3 is 4.90 Å². The van der Waals surface area contributed by atoms with E-state index < -0.39 is 0 Å². The summed E-state index contributed by atoms with van der Waals surface area (Å²) in [5, 5.41) is 9.85. The van der Waals surface area contributed by atoms with Crippen molar-refractivity contribution in [1.82, 2.24) is 0 Å². The molecule has 0 atom stereocenters. The van der Waals surface area contributed by atoms with Crippen LogP contribution >= 0.6 is 15.9 Å². The third kappa shape index (κ3) is 2.63. The number of alkyl halides is 1. The van der Waals surface area contributed by atoms with Gasteiger partial charge in [0.15, 0.2) is 0 Å². The quantitative estimate of drug-likeness (QED) is 0.794. The summed E-state index contributed by atoms with van der Waals surface area (Å²) in [4.78, 5) is 2.29. The number of anilines is 1. The van der Waals surface area contributed by atoms with Crippen LogP contribution in [-0.2, 0) is 0 Å². The fourth-order valence-corrected chi connectivity index (χ4v) is 3.13. The van der Waals surface area contributed by atoms with E-state index >= 15 is 0 Å².